The Morgan fingerprint density at radius 1 is 1.05 bits per heavy atom. The first-order valence-electron chi connectivity index (χ1n) is 6.28. The number of nitrogens with zero attached hydrogens (tertiary/aromatic N) is 1. The van der Waals surface area contributed by atoms with Crippen LogP contribution in [0.2, 0.25) is 0 Å². The van der Waals surface area contributed by atoms with Crippen molar-refractivity contribution in [2.75, 3.05) is 4.90 Å². The molecule has 1 N–H and O–H groups in total. The van der Waals surface area contributed by atoms with E-state index >= 15 is 0 Å². The summed E-state index contributed by atoms with van der Waals surface area (Å²) in [7, 11) is 0. The van der Waals surface area contributed by atoms with Crippen molar-refractivity contribution >= 4 is 46.0 Å². The van der Waals surface area contributed by atoms with Gasteiger partial charge in [-0.05, 0) is 35.5 Å². The van der Waals surface area contributed by atoms with E-state index in [1.807, 2.05) is 36.4 Å². The molecule has 1 aliphatic rings. The van der Waals surface area contributed by atoms with Gasteiger partial charge in [0.2, 0.25) is 0 Å². The molecule has 0 bridgehead atoms. The lowest BCUT2D eigenvalue weighted by molar-refractivity contribution is 0.267. The molecule has 2 aromatic carbocycles. The number of benzene rings is 2. The second kappa shape index (κ2) is 5.71. The molecule has 1 saturated heterocycles. The Balaban J connectivity index is 1.97. The first-order chi connectivity index (χ1) is 10.2. The minimum absolute atomic E-state index is 0.0368. The van der Waals surface area contributed by atoms with Gasteiger partial charge in [0, 0.05) is 0 Å². The molecule has 0 saturated carbocycles. The summed E-state index contributed by atoms with van der Waals surface area (Å²) < 4.78 is 0. The van der Waals surface area contributed by atoms with Gasteiger partial charge in [0.1, 0.15) is 10.7 Å². The number of rotatable bonds is 2. The van der Waals surface area contributed by atoms with Crippen LogP contribution in [0.4, 0.5) is 10.5 Å². The molecular weight excluding hydrogens is 302 g/mol. The molecule has 0 aromatic heterocycles. The summed E-state index contributed by atoms with van der Waals surface area (Å²) in [6.45, 7) is 0. The third kappa shape index (κ3) is 2.70. The number of anilines is 1. The molecule has 21 heavy (non-hydrogen) atoms. The van der Waals surface area contributed by atoms with Crippen molar-refractivity contribution < 1.29 is 9.90 Å². The van der Waals surface area contributed by atoms with Gasteiger partial charge < -0.3 is 5.11 Å². The lowest BCUT2D eigenvalue weighted by Crippen LogP contribution is -2.26. The molecule has 5 heteroatoms. The van der Waals surface area contributed by atoms with Crippen LogP contribution in [-0.4, -0.2) is 15.3 Å². The van der Waals surface area contributed by atoms with Crippen LogP contribution in [0.3, 0.4) is 0 Å². The van der Waals surface area contributed by atoms with Crippen LogP contribution in [0.1, 0.15) is 5.56 Å². The van der Waals surface area contributed by atoms with Crippen molar-refractivity contribution in [2.45, 2.75) is 0 Å². The van der Waals surface area contributed by atoms with E-state index in [0.29, 0.717) is 15.6 Å². The highest BCUT2D eigenvalue weighted by Crippen LogP contribution is 2.39. The van der Waals surface area contributed by atoms with Crippen molar-refractivity contribution in [3.05, 3.63) is 65.1 Å². The average Bonchev–Trinajstić information content (AvgIpc) is 2.76. The minimum Gasteiger partial charge on any atom is -0.506 e. The molecule has 2 aromatic rings. The number of thiocarbonyl (C=S) groups is 1. The highest BCUT2D eigenvalue weighted by atomic mass is 32.2. The van der Waals surface area contributed by atoms with Gasteiger partial charge in [0.25, 0.3) is 5.24 Å². The van der Waals surface area contributed by atoms with Crippen LogP contribution >= 0.6 is 24.0 Å². The van der Waals surface area contributed by atoms with E-state index in [0.717, 1.165) is 17.3 Å². The smallest absolute Gasteiger partial charge is 0.296 e. The molecule has 1 amide bonds. The standard InChI is InChI=1S/C16H11NO2S2/c18-13-9-5-4-8-12(13)17-15(20)14(21-16(17)19)10-11-6-2-1-3-7-11/h1-10,18H. The van der Waals surface area contributed by atoms with Gasteiger partial charge in [-0.1, -0.05) is 54.7 Å². The van der Waals surface area contributed by atoms with E-state index in [1.54, 1.807) is 18.2 Å². The van der Waals surface area contributed by atoms with E-state index in [4.69, 9.17) is 12.2 Å². The van der Waals surface area contributed by atoms with Gasteiger partial charge in [0.05, 0.1) is 10.6 Å². The van der Waals surface area contributed by atoms with Gasteiger partial charge in [-0.2, -0.15) is 0 Å². The topological polar surface area (TPSA) is 40.5 Å². The quantitative estimate of drug-likeness (QED) is 0.657. The number of hydrogen-bond acceptors (Lipinski definition) is 4. The van der Waals surface area contributed by atoms with Crippen LogP contribution in [-0.2, 0) is 0 Å². The van der Waals surface area contributed by atoms with Crippen molar-refractivity contribution in [2.24, 2.45) is 0 Å². The van der Waals surface area contributed by atoms with E-state index < -0.39 is 0 Å². The molecule has 3 rings (SSSR count). The second-order valence-electron chi connectivity index (χ2n) is 4.42. The number of carbonyl (C=O) groups excluding carboxylic acids is 1. The Morgan fingerprint density at radius 3 is 2.43 bits per heavy atom. The van der Waals surface area contributed by atoms with Gasteiger partial charge in [-0.15, -0.1) is 0 Å². The van der Waals surface area contributed by atoms with Gasteiger partial charge in [0.15, 0.2) is 0 Å². The fourth-order valence-electron chi connectivity index (χ4n) is 2.03. The molecule has 1 aliphatic heterocycles. The molecule has 1 heterocycles. The lowest BCUT2D eigenvalue weighted by atomic mass is 10.2. The zero-order valence-corrected chi connectivity index (χ0v) is 12.5. The molecule has 0 radical (unpaired) electrons. The maximum Gasteiger partial charge on any atom is 0.296 e. The number of phenolic OH excluding ortho intramolecular Hbond substituents is 1. The van der Waals surface area contributed by atoms with Crippen molar-refractivity contribution in [1.82, 2.24) is 0 Å². The summed E-state index contributed by atoms with van der Waals surface area (Å²) in [6.07, 6.45) is 1.88. The van der Waals surface area contributed by atoms with Gasteiger partial charge in [-0.3, -0.25) is 9.69 Å². The predicted molar refractivity (Wildman–Crippen MR) is 90.6 cm³/mol. The summed E-state index contributed by atoms with van der Waals surface area (Å²) in [5.41, 5.74) is 1.39. The Hall–Kier alpha value is -2.11. The van der Waals surface area contributed by atoms with E-state index in [1.165, 1.54) is 11.0 Å². The normalized spacial score (nSPS) is 16.8. The highest BCUT2D eigenvalue weighted by molar-refractivity contribution is 8.20. The summed E-state index contributed by atoms with van der Waals surface area (Å²) in [6, 6.07) is 16.4. The van der Waals surface area contributed by atoms with Crippen LogP contribution in [0.15, 0.2) is 59.5 Å². The fraction of sp³-hybridized carbons (Fsp3) is 0. The summed E-state index contributed by atoms with van der Waals surface area (Å²) >= 11 is 6.46. The zero-order valence-electron chi connectivity index (χ0n) is 10.9. The molecule has 1 fully saturated rings. The zero-order chi connectivity index (χ0) is 14.8. The van der Waals surface area contributed by atoms with Gasteiger partial charge in [-0.25, -0.2) is 0 Å². The van der Waals surface area contributed by atoms with Crippen LogP contribution in [0.5, 0.6) is 5.75 Å². The average molecular weight is 313 g/mol. The molecule has 0 unspecified atom stereocenters. The molecule has 3 nitrogen and oxygen atoms in total. The number of amides is 1. The maximum atomic E-state index is 12.2. The number of aromatic hydroxyl groups is 1. The molecule has 104 valence electrons. The summed E-state index contributed by atoms with van der Waals surface area (Å²) in [5, 5.41) is 9.70. The number of hydrogen-bond donors (Lipinski definition) is 1. The van der Waals surface area contributed by atoms with Crippen molar-refractivity contribution in [1.29, 1.82) is 0 Å². The third-order valence-electron chi connectivity index (χ3n) is 3.01. The second-order valence-corrected chi connectivity index (χ2v) is 5.80. The fourth-order valence-corrected chi connectivity index (χ4v) is 3.29. The first-order valence-corrected chi connectivity index (χ1v) is 7.50. The van der Waals surface area contributed by atoms with E-state index in [9.17, 15) is 9.90 Å². The first kappa shape index (κ1) is 13.9. The largest absolute Gasteiger partial charge is 0.506 e. The van der Waals surface area contributed by atoms with E-state index in [-0.39, 0.29) is 11.0 Å². The van der Waals surface area contributed by atoms with Crippen LogP contribution < -0.4 is 4.90 Å². The molecule has 0 spiro atoms. The lowest BCUT2D eigenvalue weighted by Gasteiger charge is -2.15. The Bertz CT molecular complexity index is 741. The number of thioether (sulfide) groups is 1. The van der Waals surface area contributed by atoms with E-state index in [2.05, 4.69) is 0 Å². The predicted octanol–water partition coefficient (Wildman–Crippen LogP) is 4.43. The number of para-hydroxylation sites is 2. The number of phenols is 1. The third-order valence-corrected chi connectivity index (χ3v) is 4.43. The van der Waals surface area contributed by atoms with Crippen LogP contribution in [0.25, 0.3) is 6.08 Å². The SMILES string of the molecule is O=C1SC(=Cc2ccccc2)C(=S)N1c1ccccc1O. The summed E-state index contributed by atoms with van der Waals surface area (Å²) in [5.74, 6) is 0.0368. The molecule has 0 aliphatic carbocycles. The van der Waals surface area contributed by atoms with Crippen LogP contribution in [0, 0.1) is 0 Å². The maximum absolute atomic E-state index is 12.2. The number of carbonyl (C=O) groups is 1. The summed E-state index contributed by atoms with van der Waals surface area (Å²) in [4.78, 5) is 14.7. The monoisotopic (exact) mass is 313 g/mol. The molecular formula is C16H11NO2S2. The Morgan fingerprint density at radius 2 is 1.71 bits per heavy atom. The van der Waals surface area contributed by atoms with Crippen molar-refractivity contribution in [3.63, 3.8) is 0 Å². The minimum atomic E-state index is -0.205. The van der Waals surface area contributed by atoms with Gasteiger partial charge >= 0.3 is 0 Å². The Labute approximate surface area is 131 Å². The Kier molecular flexibility index (Phi) is 3.77. The van der Waals surface area contributed by atoms with Crippen molar-refractivity contribution in [3.8, 4) is 5.75 Å². The molecule has 0 atom stereocenters. The highest BCUT2D eigenvalue weighted by Gasteiger charge is 2.34.